The second-order valence-corrected chi connectivity index (χ2v) is 5.68. The summed E-state index contributed by atoms with van der Waals surface area (Å²) in [5.74, 6) is -2.10. The van der Waals surface area contributed by atoms with Crippen molar-refractivity contribution in [3.8, 4) is 0 Å². The summed E-state index contributed by atoms with van der Waals surface area (Å²) in [5, 5.41) is 5.72. The van der Waals surface area contributed by atoms with Crippen LogP contribution < -0.4 is 10.6 Å². The molecular weight excluding hydrogens is 336 g/mol. The van der Waals surface area contributed by atoms with Crippen LogP contribution in [0.4, 0.5) is 20.2 Å². The van der Waals surface area contributed by atoms with Crippen molar-refractivity contribution in [1.82, 2.24) is 10.3 Å². The van der Waals surface area contributed by atoms with E-state index in [-0.39, 0.29) is 11.6 Å². The van der Waals surface area contributed by atoms with E-state index in [1.54, 1.807) is 12.1 Å². The van der Waals surface area contributed by atoms with Gasteiger partial charge in [0.05, 0.1) is 11.9 Å². The van der Waals surface area contributed by atoms with E-state index in [2.05, 4.69) is 15.6 Å². The van der Waals surface area contributed by atoms with Gasteiger partial charge in [0.25, 0.3) is 5.91 Å². The number of carbonyl (C=O) groups excluding carboxylic acids is 1. The first-order valence-electron chi connectivity index (χ1n) is 8.12. The molecule has 0 saturated carbocycles. The zero-order chi connectivity index (χ0) is 18.4. The van der Waals surface area contributed by atoms with Crippen LogP contribution in [0.15, 0.2) is 66.9 Å². The van der Waals surface area contributed by atoms with E-state index >= 15 is 0 Å². The van der Waals surface area contributed by atoms with Gasteiger partial charge in [-0.2, -0.15) is 0 Å². The Morgan fingerprint density at radius 1 is 0.923 bits per heavy atom. The molecule has 0 unspecified atom stereocenters. The minimum Gasteiger partial charge on any atom is -0.354 e. The highest BCUT2D eigenvalue weighted by molar-refractivity contribution is 5.92. The molecule has 26 heavy (non-hydrogen) atoms. The van der Waals surface area contributed by atoms with Crippen LogP contribution in [-0.2, 0) is 6.42 Å². The van der Waals surface area contributed by atoms with Crippen LogP contribution >= 0.6 is 0 Å². The van der Waals surface area contributed by atoms with Crippen LogP contribution in [0.1, 0.15) is 16.1 Å². The van der Waals surface area contributed by atoms with Crippen molar-refractivity contribution < 1.29 is 13.6 Å². The standard InChI is InChI=1S/C20H17F2N3O/c21-17-8-6-15(12-18(17)22)25-16-7-9-19(24-13-16)20(26)23-11-10-14-4-2-1-3-5-14/h1-9,12-13,25H,10-11H2,(H,23,26). The molecule has 3 aromatic rings. The lowest BCUT2D eigenvalue weighted by molar-refractivity contribution is 0.0949. The van der Waals surface area contributed by atoms with E-state index in [1.807, 2.05) is 30.3 Å². The summed E-state index contributed by atoms with van der Waals surface area (Å²) in [7, 11) is 0. The van der Waals surface area contributed by atoms with Gasteiger partial charge in [0, 0.05) is 18.3 Å². The number of carbonyl (C=O) groups is 1. The van der Waals surface area contributed by atoms with Gasteiger partial charge in [-0.15, -0.1) is 0 Å². The molecule has 0 spiro atoms. The van der Waals surface area contributed by atoms with Gasteiger partial charge >= 0.3 is 0 Å². The first-order valence-corrected chi connectivity index (χ1v) is 8.12. The number of amides is 1. The fraction of sp³-hybridized carbons (Fsp3) is 0.100. The Kier molecular flexibility index (Phi) is 5.53. The summed E-state index contributed by atoms with van der Waals surface area (Å²) in [4.78, 5) is 16.2. The van der Waals surface area contributed by atoms with Gasteiger partial charge in [-0.3, -0.25) is 4.79 Å². The van der Waals surface area contributed by atoms with Crippen LogP contribution in [0.5, 0.6) is 0 Å². The number of pyridine rings is 1. The third-order valence-corrected chi connectivity index (χ3v) is 3.75. The van der Waals surface area contributed by atoms with Crippen molar-refractivity contribution in [3.63, 3.8) is 0 Å². The molecule has 4 nitrogen and oxygen atoms in total. The molecule has 0 fully saturated rings. The second kappa shape index (κ2) is 8.20. The normalized spacial score (nSPS) is 10.4. The predicted octanol–water partition coefficient (Wildman–Crippen LogP) is 4.08. The minimum atomic E-state index is -0.933. The minimum absolute atomic E-state index is 0.264. The molecule has 0 aliphatic heterocycles. The van der Waals surface area contributed by atoms with E-state index < -0.39 is 11.6 Å². The van der Waals surface area contributed by atoms with Crippen LogP contribution in [0, 0.1) is 11.6 Å². The number of aromatic nitrogens is 1. The summed E-state index contributed by atoms with van der Waals surface area (Å²) in [6.45, 7) is 0.513. The van der Waals surface area contributed by atoms with E-state index in [0.29, 0.717) is 17.9 Å². The molecule has 0 aliphatic rings. The second-order valence-electron chi connectivity index (χ2n) is 5.68. The SMILES string of the molecule is O=C(NCCc1ccccc1)c1ccc(Nc2ccc(F)c(F)c2)cn1. The summed E-state index contributed by atoms with van der Waals surface area (Å²) in [6, 6.07) is 16.6. The molecule has 1 amide bonds. The smallest absolute Gasteiger partial charge is 0.269 e. The van der Waals surface area contributed by atoms with Crippen molar-refractivity contribution in [2.45, 2.75) is 6.42 Å². The Morgan fingerprint density at radius 2 is 1.69 bits per heavy atom. The molecule has 0 aliphatic carbocycles. The largest absolute Gasteiger partial charge is 0.354 e. The number of halogens is 2. The number of nitrogens with one attached hydrogen (secondary N) is 2. The maximum Gasteiger partial charge on any atom is 0.269 e. The van der Waals surface area contributed by atoms with Gasteiger partial charge in [-0.25, -0.2) is 13.8 Å². The molecule has 1 aromatic heterocycles. The molecule has 6 heteroatoms. The van der Waals surface area contributed by atoms with E-state index in [0.717, 1.165) is 24.1 Å². The van der Waals surface area contributed by atoms with Crippen molar-refractivity contribution in [2.24, 2.45) is 0 Å². The van der Waals surface area contributed by atoms with Gasteiger partial charge in [0.2, 0.25) is 0 Å². The summed E-state index contributed by atoms with van der Waals surface area (Å²) < 4.78 is 26.1. The molecular formula is C20H17F2N3O. The van der Waals surface area contributed by atoms with Crippen LogP contribution in [0.25, 0.3) is 0 Å². The Balaban J connectivity index is 1.54. The average molecular weight is 353 g/mol. The molecule has 2 N–H and O–H groups in total. The molecule has 0 atom stereocenters. The number of benzene rings is 2. The number of hydrogen-bond donors (Lipinski definition) is 2. The highest BCUT2D eigenvalue weighted by Crippen LogP contribution is 2.18. The van der Waals surface area contributed by atoms with Crippen LogP contribution in [-0.4, -0.2) is 17.4 Å². The molecule has 0 bridgehead atoms. The fourth-order valence-corrected chi connectivity index (χ4v) is 2.40. The molecule has 132 valence electrons. The van der Waals surface area contributed by atoms with Gasteiger partial charge in [-0.1, -0.05) is 30.3 Å². The summed E-state index contributed by atoms with van der Waals surface area (Å²) in [5.41, 5.74) is 2.39. The quantitative estimate of drug-likeness (QED) is 0.702. The van der Waals surface area contributed by atoms with Crippen molar-refractivity contribution in [1.29, 1.82) is 0 Å². The average Bonchev–Trinajstić information content (AvgIpc) is 2.66. The van der Waals surface area contributed by atoms with Gasteiger partial charge in [-0.05, 0) is 36.2 Å². The Labute approximate surface area is 149 Å². The highest BCUT2D eigenvalue weighted by atomic mass is 19.2. The first-order chi connectivity index (χ1) is 12.6. The lowest BCUT2D eigenvalue weighted by Crippen LogP contribution is -2.26. The van der Waals surface area contributed by atoms with E-state index in [4.69, 9.17) is 0 Å². The van der Waals surface area contributed by atoms with E-state index in [9.17, 15) is 13.6 Å². The Bertz CT molecular complexity index is 883. The Hall–Kier alpha value is -3.28. The maximum atomic E-state index is 13.2. The monoisotopic (exact) mass is 353 g/mol. The molecule has 3 rings (SSSR count). The molecule has 0 saturated heterocycles. The van der Waals surface area contributed by atoms with Gasteiger partial charge in [0.1, 0.15) is 5.69 Å². The van der Waals surface area contributed by atoms with Crippen LogP contribution in [0.2, 0.25) is 0 Å². The van der Waals surface area contributed by atoms with Crippen molar-refractivity contribution >= 4 is 17.3 Å². The van der Waals surface area contributed by atoms with Crippen molar-refractivity contribution in [2.75, 3.05) is 11.9 Å². The topological polar surface area (TPSA) is 54.0 Å². The fourth-order valence-electron chi connectivity index (χ4n) is 2.40. The zero-order valence-electron chi connectivity index (χ0n) is 13.9. The van der Waals surface area contributed by atoms with Gasteiger partial charge < -0.3 is 10.6 Å². The number of rotatable bonds is 6. The lowest BCUT2D eigenvalue weighted by Gasteiger charge is -2.08. The molecule has 0 radical (unpaired) electrons. The van der Waals surface area contributed by atoms with Crippen molar-refractivity contribution in [3.05, 3.63) is 89.8 Å². The summed E-state index contributed by atoms with van der Waals surface area (Å²) >= 11 is 0. The van der Waals surface area contributed by atoms with E-state index in [1.165, 1.54) is 12.3 Å². The number of anilines is 2. The summed E-state index contributed by atoms with van der Waals surface area (Å²) in [6.07, 6.45) is 2.20. The first kappa shape index (κ1) is 17.5. The molecule has 1 heterocycles. The van der Waals surface area contributed by atoms with Crippen LogP contribution in [0.3, 0.4) is 0 Å². The number of nitrogens with zero attached hydrogens (tertiary/aromatic N) is 1. The third-order valence-electron chi connectivity index (χ3n) is 3.75. The third kappa shape index (κ3) is 4.63. The highest BCUT2D eigenvalue weighted by Gasteiger charge is 2.07. The maximum absolute atomic E-state index is 13.2. The van der Waals surface area contributed by atoms with Gasteiger partial charge in [0.15, 0.2) is 11.6 Å². The predicted molar refractivity (Wildman–Crippen MR) is 96.4 cm³/mol. The lowest BCUT2D eigenvalue weighted by atomic mass is 10.1. The number of hydrogen-bond acceptors (Lipinski definition) is 3. The Morgan fingerprint density at radius 3 is 2.38 bits per heavy atom. The molecule has 2 aromatic carbocycles. The zero-order valence-corrected chi connectivity index (χ0v) is 13.9.